The second-order valence-electron chi connectivity index (χ2n) is 4.78. The smallest absolute Gasteiger partial charge is 0.314 e. The fourth-order valence-corrected chi connectivity index (χ4v) is 1.92. The van der Waals surface area contributed by atoms with E-state index < -0.39 is 34.0 Å². The van der Waals surface area contributed by atoms with Gasteiger partial charge in [-0.15, -0.1) is 0 Å². The summed E-state index contributed by atoms with van der Waals surface area (Å²) in [5, 5.41) is 22.8. The van der Waals surface area contributed by atoms with Gasteiger partial charge in [-0.3, -0.25) is 4.79 Å². The molecule has 1 unspecified atom stereocenters. The van der Waals surface area contributed by atoms with Crippen molar-refractivity contribution in [3.63, 3.8) is 0 Å². The van der Waals surface area contributed by atoms with Gasteiger partial charge in [0.05, 0.1) is 17.8 Å². The fourth-order valence-electron chi connectivity index (χ4n) is 1.20. The molecule has 0 spiro atoms. The maximum Gasteiger partial charge on any atom is 0.314 e. The normalized spacial score (nSPS) is 14.7. The van der Waals surface area contributed by atoms with Crippen LogP contribution in [0.5, 0.6) is 0 Å². The van der Waals surface area contributed by atoms with Crippen molar-refractivity contribution in [2.75, 3.05) is 32.9 Å². The maximum absolute atomic E-state index is 11.4. The molecule has 2 amide bonds. The molecule has 0 aliphatic carbocycles. The number of aliphatic carboxylic acids is 1. The second kappa shape index (κ2) is 7.41. The molecule has 118 valence electrons. The number of aliphatic hydroxyl groups is 1. The van der Waals surface area contributed by atoms with Gasteiger partial charge in [-0.2, -0.15) is 0 Å². The van der Waals surface area contributed by atoms with Gasteiger partial charge in [0.15, 0.2) is 0 Å². The van der Waals surface area contributed by atoms with Gasteiger partial charge in [-0.1, -0.05) is 0 Å². The van der Waals surface area contributed by atoms with Gasteiger partial charge in [-0.05, 0) is 6.92 Å². The first-order valence-corrected chi connectivity index (χ1v) is 7.43. The second-order valence-corrected chi connectivity index (χ2v) is 7.08. The van der Waals surface area contributed by atoms with Crippen molar-refractivity contribution in [1.82, 2.24) is 14.9 Å². The highest BCUT2D eigenvalue weighted by atomic mass is 32.2. The standard InChI is InChI=1S/C10H21N3O6S/c1-10(17,6-8(14)15)7-12-9(16)11-4-5-20(18,19)13(2)3/h17H,4-7H2,1-3H3,(H,14,15)(H2,11,12,16). The molecule has 0 aliphatic rings. The summed E-state index contributed by atoms with van der Waals surface area (Å²) in [7, 11) is -0.615. The Balaban J connectivity index is 4.05. The van der Waals surface area contributed by atoms with Crippen LogP contribution in [0.4, 0.5) is 4.79 Å². The van der Waals surface area contributed by atoms with Gasteiger partial charge in [-0.25, -0.2) is 17.5 Å². The molecule has 0 aromatic heterocycles. The van der Waals surface area contributed by atoms with Crippen LogP contribution in [0.3, 0.4) is 0 Å². The topological polar surface area (TPSA) is 136 Å². The number of carbonyl (C=O) groups is 2. The Morgan fingerprint density at radius 2 is 1.80 bits per heavy atom. The first kappa shape index (κ1) is 18.6. The first-order chi connectivity index (χ1) is 8.96. The molecule has 1 atom stereocenters. The van der Waals surface area contributed by atoms with E-state index >= 15 is 0 Å². The van der Waals surface area contributed by atoms with E-state index in [-0.39, 0.29) is 18.8 Å². The predicted octanol–water partition coefficient (Wildman–Crippen LogP) is -1.60. The lowest BCUT2D eigenvalue weighted by Crippen LogP contribution is -2.46. The number of carboxylic acid groups (broad SMARTS) is 1. The van der Waals surface area contributed by atoms with E-state index in [0.717, 1.165) is 4.31 Å². The highest BCUT2D eigenvalue weighted by Gasteiger charge is 2.24. The number of nitrogens with zero attached hydrogens (tertiary/aromatic N) is 1. The summed E-state index contributed by atoms with van der Waals surface area (Å²) in [6.45, 7) is 0.927. The molecule has 0 rings (SSSR count). The largest absolute Gasteiger partial charge is 0.481 e. The number of urea groups is 1. The van der Waals surface area contributed by atoms with Crippen molar-refractivity contribution in [1.29, 1.82) is 0 Å². The molecule has 20 heavy (non-hydrogen) atoms. The minimum absolute atomic E-state index is 0.0899. The number of carboxylic acids is 1. The molecular weight excluding hydrogens is 290 g/mol. The van der Waals surface area contributed by atoms with Crippen molar-refractivity contribution in [3.05, 3.63) is 0 Å². The summed E-state index contributed by atoms with van der Waals surface area (Å²) >= 11 is 0. The third-order valence-electron chi connectivity index (χ3n) is 2.36. The summed E-state index contributed by atoms with van der Waals surface area (Å²) in [4.78, 5) is 21.8. The third kappa shape index (κ3) is 7.92. The van der Waals surface area contributed by atoms with Crippen LogP contribution in [0, 0.1) is 0 Å². The monoisotopic (exact) mass is 311 g/mol. The molecule has 0 saturated heterocycles. The van der Waals surface area contributed by atoms with Crippen molar-refractivity contribution >= 4 is 22.0 Å². The zero-order chi connectivity index (χ0) is 16.0. The SMILES string of the molecule is CN(C)S(=O)(=O)CCNC(=O)NCC(C)(O)CC(=O)O. The number of carbonyl (C=O) groups excluding carboxylic acids is 1. The Kier molecular flexibility index (Phi) is 6.89. The average molecular weight is 311 g/mol. The van der Waals surface area contributed by atoms with E-state index in [9.17, 15) is 23.1 Å². The summed E-state index contributed by atoms with van der Waals surface area (Å²) in [5.74, 6) is -1.44. The van der Waals surface area contributed by atoms with Gasteiger partial charge in [0.1, 0.15) is 0 Å². The van der Waals surface area contributed by atoms with Gasteiger partial charge < -0.3 is 20.8 Å². The van der Waals surface area contributed by atoms with Crippen molar-refractivity contribution < 1.29 is 28.2 Å². The maximum atomic E-state index is 11.4. The number of hydrogen-bond donors (Lipinski definition) is 4. The van der Waals surface area contributed by atoms with E-state index in [1.54, 1.807) is 0 Å². The lowest BCUT2D eigenvalue weighted by Gasteiger charge is -2.21. The molecule has 0 fully saturated rings. The van der Waals surface area contributed by atoms with Crippen LogP contribution < -0.4 is 10.6 Å². The third-order valence-corrected chi connectivity index (χ3v) is 4.20. The Hall–Kier alpha value is -1.39. The van der Waals surface area contributed by atoms with Crippen LogP contribution >= 0.6 is 0 Å². The molecule has 10 heteroatoms. The van der Waals surface area contributed by atoms with Crippen LogP contribution in [0.1, 0.15) is 13.3 Å². The van der Waals surface area contributed by atoms with E-state index in [4.69, 9.17) is 5.11 Å². The summed E-state index contributed by atoms with van der Waals surface area (Å²) in [6.07, 6.45) is -0.512. The highest BCUT2D eigenvalue weighted by Crippen LogP contribution is 2.06. The van der Waals surface area contributed by atoms with Crippen LogP contribution in [0.2, 0.25) is 0 Å². The number of nitrogens with one attached hydrogen (secondary N) is 2. The highest BCUT2D eigenvalue weighted by molar-refractivity contribution is 7.89. The molecule has 0 radical (unpaired) electrons. The molecule has 0 aliphatic heterocycles. The Bertz CT molecular complexity index is 446. The molecular formula is C10H21N3O6S. The molecule has 0 aromatic carbocycles. The minimum Gasteiger partial charge on any atom is -0.481 e. The van der Waals surface area contributed by atoms with Crippen LogP contribution in [0.15, 0.2) is 0 Å². The van der Waals surface area contributed by atoms with Crippen molar-refractivity contribution in [2.24, 2.45) is 0 Å². The van der Waals surface area contributed by atoms with E-state index in [2.05, 4.69) is 10.6 Å². The van der Waals surface area contributed by atoms with E-state index in [0.29, 0.717) is 0 Å². The molecule has 0 bridgehead atoms. The number of amides is 2. The van der Waals surface area contributed by atoms with Gasteiger partial charge >= 0.3 is 12.0 Å². The zero-order valence-corrected chi connectivity index (χ0v) is 12.5. The molecule has 4 N–H and O–H groups in total. The molecule has 0 heterocycles. The molecule has 0 aromatic rings. The van der Waals surface area contributed by atoms with E-state index in [1.165, 1.54) is 21.0 Å². The number of rotatable bonds is 8. The van der Waals surface area contributed by atoms with Crippen LogP contribution in [0.25, 0.3) is 0 Å². The van der Waals surface area contributed by atoms with Crippen molar-refractivity contribution in [2.45, 2.75) is 18.9 Å². The first-order valence-electron chi connectivity index (χ1n) is 5.82. The summed E-state index contributed by atoms with van der Waals surface area (Å²) < 4.78 is 23.8. The molecule has 9 nitrogen and oxygen atoms in total. The van der Waals surface area contributed by atoms with Crippen LogP contribution in [-0.4, -0.2) is 73.5 Å². The Labute approximate surface area is 118 Å². The van der Waals surface area contributed by atoms with Gasteiger partial charge in [0.2, 0.25) is 10.0 Å². The number of hydrogen-bond acceptors (Lipinski definition) is 5. The summed E-state index contributed by atoms with van der Waals surface area (Å²) in [5.41, 5.74) is -1.57. The fraction of sp³-hybridized carbons (Fsp3) is 0.800. The predicted molar refractivity (Wildman–Crippen MR) is 71.8 cm³/mol. The minimum atomic E-state index is -3.39. The van der Waals surface area contributed by atoms with Gasteiger partial charge in [0.25, 0.3) is 0 Å². The number of sulfonamides is 1. The Morgan fingerprint density at radius 1 is 1.25 bits per heavy atom. The average Bonchev–Trinajstić information content (AvgIpc) is 2.24. The van der Waals surface area contributed by atoms with Crippen LogP contribution in [-0.2, 0) is 14.8 Å². The van der Waals surface area contributed by atoms with Crippen molar-refractivity contribution in [3.8, 4) is 0 Å². The Morgan fingerprint density at radius 3 is 2.25 bits per heavy atom. The van der Waals surface area contributed by atoms with Gasteiger partial charge in [0, 0.05) is 27.2 Å². The lowest BCUT2D eigenvalue weighted by molar-refractivity contribution is -0.141. The zero-order valence-electron chi connectivity index (χ0n) is 11.7. The quantitative estimate of drug-likeness (QED) is 0.426. The van der Waals surface area contributed by atoms with E-state index in [1.807, 2.05) is 0 Å². The lowest BCUT2D eigenvalue weighted by atomic mass is 10.0. The summed E-state index contributed by atoms with van der Waals surface area (Å²) in [6, 6.07) is -0.676. The molecule has 0 saturated carbocycles.